The zero-order valence-corrected chi connectivity index (χ0v) is 10.7. The zero-order valence-electron chi connectivity index (χ0n) is 10.7. The first-order chi connectivity index (χ1) is 7.67. The summed E-state index contributed by atoms with van der Waals surface area (Å²) in [6, 6.07) is 0.341. The van der Waals surface area contributed by atoms with Crippen molar-refractivity contribution < 1.29 is 10.2 Å². The monoisotopic (exact) mass is 229 g/mol. The minimum Gasteiger partial charge on any atom is -0.395 e. The Bertz CT molecular complexity index is 181. The van der Waals surface area contributed by atoms with Crippen molar-refractivity contribution in [1.82, 2.24) is 5.32 Å². The van der Waals surface area contributed by atoms with Gasteiger partial charge >= 0.3 is 0 Å². The van der Waals surface area contributed by atoms with Crippen LogP contribution in [0.2, 0.25) is 0 Å². The van der Waals surface area contributed by atoms with Crippen molar-refractivity contribution in [3.63, 3.8) is 0 Å². The molecular weight excluding hydrogens is 202 g/mol. The van der Waals surface area contributed by atoms with Gasteiger partial charge in [-0.05, 0) is 31.1 Å². The molecule has 3 heteroatoms. The Morgan fingerprint density at radius 1 is 1.06 bits per heavy atom. The summed E-state index contributed by atoms with van der Waals surface area (Å²) in [5, 5.41) is 21.4. The van der Waals surface area contributed by atoms with Crippen molar-refractivity contribution in [1.29, 1.82) is 0 Å². The number of aliphatic hydroxyl groups is 2. The second-order valence-electron chi connectivity index (χ2n) is 5.44. The molecule has 1 aliphatic carbocycles. The van der Waals surface area contributed by atoms with Gasteiger partial charge in [0.1, 0.15) is 0 Å². The van der Waals surface area contributed by atoms with Gasteiger partial charge in [-0.3, -0.25) is 0 Å². The number of rotatable bonds is 5. The van der Waals surface area contributed by atoms with Gasteiger partial charge in [0.25, 0.3) is 0 Å². The molecule has 0 aromatic heterocycles. The van der Waals surface area contributed by atoms with Gasteiger partial charge in [-0.25, -0.2) is 0 Å². The molecule has 3 N–H and O–H groups in total. The minimum absolute atomic E-state index is 0.0284. The predicted octanol–water partition coefficient (Wildman–Crippen LogP) is 1.53. The lowest BCUT2D eigenvalue weighted by molar-refractivity contribution is 0.158. The Morgan fingerprint density at radius 3 is 2.31 bits per heavy atom. The molecule has 1 aliphatic rings. The van der Waals surface area contributed by atoms with Crippen molar-refractivity contribution in [3.05, 3.63) is 0 Å². The summed E-state index contributed by atoms with van der Waals surface area (Å²) in [7, 11) is 0. The van der Waals surface area contributed by atoms with E-state index in [2.05, 4.69) is 19.2 Å². The Labute approximate surface area is 99.3 Å². The molecule has 2 unspecified atom stereocenters. The molecule has 1 fully saturated rings. The van der Waals surface area contributed by atoms with Gasteiger partial charge < -0.3 is 15.5 Å². The quantitative estimate of drug-likeness (QED) is 0.627. The minimum atomic E-state index is -0.138. The van der Waals surface area contributed by atoms with Crippen LogP contribution in [0.3, 0.4) is 0 Å². The maximum atomic E-state index is 9.04. The zero-order chi connectivity index (χ0) is 12.0. The van der Waals surface area contributed by atoms with Gasteiger partial charge in [-0.2, -0.15) is 0 Å². The molecule has 2 atom stereocenters. The average molecular weight is 229 g/mol. The van der Waals surface area contributed by atoms with E-state index in [1.807, 2.05) is 0 Å². The van der Waals surface area contributed by atoms with E-state index in [-0.39, 0.29) is 19.3 Å². The fourth-order valence-electron chi connectivity index (χ4n) is 2.66. The summed E-state index contributed by atoms with van der Waals surface area (Å²) in [5.41, 5.74) is 0. The Balaban J connectivity index is 2.35. The lowest BCUT2D eigenvalue weighted by atomic mass is 9.89. The van der Waals surface area contributed by atoms with E-state index in [1.54, 1.807) is 0 Å². The third-order valence-electron chi connectivity index (χ3n) is 3.87. The lowest BCUT2D eigenvalue weighted by Gasteiger charge is -2.22. The van der Waals surface area contributed by atoms with Crippen LogP contribution in [-0.4, -0.2) is 35.5 Å². The highest BCUT2D eigenvalue weighted by molar-refractivity contribution is 4.79. The second kappa shape index (κ2) is 7.25. The van der Waals surface area contributed by atoms with Crippen molar-refractivity contribution >= 4 is 0 Å². The SMILES string of the molecule is CC(C)C1CCCC(NC(CO)CO)CC1. The van der Waals surface area contributed by atoms with Crippen LogP contribution in [0.5, 0.6) is 0 Å². The van der Waals surface area contributed by atoms with Crippen molar-refractivity contribution in [2.45, 2.75) is 58.0 Å². The molecule has 16 heavy (non-hydrogen) atoms. The first-order valence-corrected chi connectivity index (χ1v) is 6.65. The molecule has 0 bridgehead atoms. The van der Waals surface area contributed by atoms with Crippen LogP contribution in [-0.2, 0) is 0 Å². The van der Waals surface area contributed by atoms with Crippen LogP contribution in [0.15, 0.2) is 0 Å². The normalized spacial score (nSPS) is 27.4. The van der Waals surface area contributed by atoms with E-state index < -0.39 is 0 Å². The van der Waals surface area contributed by atoms with E-state index in [0.29, 0.717) is 6.04 Å². The fourth-order valence-corrected chi connectivity index (χ4v) is 2.66. The standard InChI is InChI=1S/C13H27NO2/c1-10(2)11-4-3-5-12(7-6-11)14-13(8-15)9-16/h10-16H,3-9H2,1-2H3. The second-order valence-corrected chi connectivity index (χ2v) is 5.44. The van der Waals surface area contributed by atoms with Crippen LogP contribution in [0.25, 0.3) is 0 Å². The van der Waals surface area contributed by atoms with E-state index >= 15 is 0 Å². The lowest BCUT2D eigenvalue weighted by Crippen LogP contribution is -2.42. The van der Waals surface area contributed by atoms with E-state index in [1.165, 1.54) is 32.1 Å². The van der Waals surface area contributed by atoms with E-state index in [4.69, 9.17) is 10.2 Å². The third kappa shape index (κ3) is 4.40. The smallest absolute Gasteiger partial charge is 0.0607 e. The summed E-state index contributed by atoms with van der Waals surface area (Å²) in [4.78, 5) is 0. The topological polar surface area (TPSA) is 52.5 Å². The molecule has 0 saturated heterocycles. The molecule has 96 valence electrons. The molecule has 3 nitrogen and oxygen atoms in total. The fraction of sp³-hybridized carbons (Fsp3) is 1.00. The number of aliphatic hydroxyl groups excluding tert-OH is 2. The number of hydrogen-bond donors (Lipinski definition) is 3. The highest BCUT2D eigenvalue weighted by Gasteiger charge is 2.22. The molecule has 0 radical (unpaired) electrons. The van der Waals surface area contributed by atoms with Crippen LogP contribution >= 0.6 is 0 Å². The summed E-state index contributed by atoms with van der Waals surface area (Å²) in [5.74, 6) is 1.64. The van der Waals surface area contributed by atoms with Gasteiger partial charge in [-0.15, -0.1) is 0 Å². The first kappa shape index (κ1) is 13.9. The molecule has 0 amide bonds. The summed E-state index contributed by atoms with van der Waals surface area (Å²) >= 11 is 0. The van der Waals surface area contributed by atoms with Crippen LogP contribution < -0.4 is 5.32 Å². The molecule has 1 saturated carbocycles. The van der Waals surface area contributed by atoms with E-state index in [9.17, 15) is 0 Å². The maximum Gasteiger partial charge on any atom is 0.0607 e. The van der Waals surface area contributed by atoms with Gasteiger partial charge in [0, 0.05) is 6.04 Å². The Morgan fingerprint density at radius 2 is 1.75 bits per heavy atom. The molecule has 0 spiro atoms. The average Bonchev–Trinajstić information content (AvgIpc) is 2.51. The largest absolute Gasteiger partial charge is 0.395 e. The molecular formula is C13H27NO2. The number of nitrogens with one attached hydrogen (secondary N) is 1. The van der Waals surface area contributed by atoms with Crippen LogP contribution in [0.1, 0.15) is 46.0 Å². The third-order valence-corrected chi connectivity index (χ3v) is 3.87. The van der Waals surface area contributed by atoms with Gasteiger partial charge in [0.2, 0.25) is 0 Å². The van der Waals surface area contributed by atoms with Gasteiger partial charge in [-0.1, -0.05) is 26.7 Å². The van der Waals surface area contributed by atoms with Crippen LogP contribution in [0.4, 0.5) is 0 Å². The predicted molar refractivity (Wildman–Crippen MR) is 66.3 cm³/mol. The molecule has 0 aliphatic heterocycles. The van der Waals surface area contributed by atoms with Gasteiger partial charge in [0.15, 0.2) is 0 Å². The van der Waals surface area contributed by atoms with Crippen molar-refractivity contribution in [3.8, 4) is 0 Å². The molecule has 1 rings (SSSR count). The van der Waals surface area contributed by atoms with Gasteiger partial charge in [0.05, 0.1) is 19.3 Å². The summed E-state index contributed by atoms with van der Waals surface area (Å²) < 4.78 is 0. The van der Waals surface area contributed by atoms with Crippen LogP contribution in [0, 0.1) is 11.8 Å². The molecule has 0 aromatic rings. The number of hydrogen-bond acceptors (Lipinski definition) is 3. The summed E-state index contributed by atoms with van der Waals surface area (Å²) in [6.07, 6.45) is 6.24. The Kier molecular flexibility index (Phi) is 6.32. The molecule has 0 aromatic carbocycles. The van der Waals surface area contributed by atoms with Crippen molar-refractivity contribution in [2.24, 2.45) is 11.8 Å². The maximum absolute atomic E-state index is 9.04. The Hall–Kier alpha value is -0.120. The van der Waals surface area contributed by atoms with Crippen molar-refractivity contribution in [2.75, 3.05) is 13.2 Å². The first-order valence-electron chi connectivity index (χ1n) is 6.65. The molecule has 0 heterocycles. The summed E-state index contributed by atoms with van der Waals surface area (Å²) in [6.45, 7) is 4.67. The van der Waals surface area contributed by atoms with E-state index in [0.717, 1.165) is 11.8 Å². The highest BCUT2D eigenvalue weighted by Crippen LogP contribution is 2.28. The highest BCUT2D eigenvalue weighted by atomic mass is 16.3.